The first kappa shape index (κ1) is 13.4. The highest BCUT2D eigenvalue weighted by atomic mass is 35.5. The van der Waals surface area contributed by atoms with Crippen molar-refractivity contribution in [2.24, 2.45) is 0 Å². The van der Waals surface area contributed by atoms with Crippen molar-refractivity contribution in [1.29, 1.82) is 0 Å². The maximum Gasteiger partial charge on any atom is 0.141 e. The predicted octanol–water partition coefficient (Wildman–Crippen LogP) is 1.58. The number of ether oxygens (including phenoxy) is 1. The molecule has 2 N–H and O–H groups in total. The summed E-state index contributed by atoms with van der Waals surface area (Å²) in [6.07, 6.45) is 0. The van der Waals surface area contributed by atoms with E-state index in [1.165, 1.54) is 6.07 Å². The summed E-state index contributed by atoms with van der Waals surface area (Å²) in [5.74, 6) is -0.406. The quantitative estimate of drug-likeness (QED) is 0.719. The van der Waals surface area contributed by atoms with Crippen LogP contribution in [0.25, 0.3) is 0 Å². The number of rotatable bonds is 7. The SMILES string of the molecule is OCCOCCNCc1ccc(F)c(Cl)c1. The Balaban J connectivity index is 2.19. The smallest absolute Gasteiger partial charge is 0.141 e. The highest BCUT2D eigenvalue weighted by molar-refractivity contribution is 6.30. The van der Waals surface area contributed by atoms with Gasteiger partial charge in [-0.1, -0.05) is 17.7 Å². The van der Waals surface area contributed by atoms with Crippen molar-refractivity contribution >= 4 is 11.6 Å². The molecule has 0 heterocycles. The lowest BCUT2D eigenvalue weighted by molar-refractivity contribution is 0.0938. The standard InChI is InChI=1S/C11H15ClFNO2/c12-10-7-9(1-2-11(10)13)8-14-3-5-16-6-4-15/h1-2,7,14-15H,3-6,8H2. The molecule has 0 radical (unpaired) electrons. The van der Waals surface area contributed by atoms with Gasteiger partial charge in [0.1, 0.15) is 5.82 Å². The molecule has 0 aliphatic heterocycles. The molecule has 0 atom stereocenters. The lowest BCUT2D eigenvalue weighted by atomic mass is 10.2. The second kappa shape index (κ2) is 7.57. The van der Waals surface area contributed by atoms with Crippen LogP contribution in [0.5, 0.6) is 0 Å². The average Bonchev–Trinajstić information content (AvgIpc) is 2.28. The van der Waals surface area contributed by atoms with Gasteiger partial charge < -0.3 is 15.2 Å². The van der Waals surface area contributed by atoms with Gasteiger partial charge in [-0.3, -0.25) is 0 Å². The molecule has 0 aliphatic carbocycles. The second-order valence-corrected chi connectivity index (χ2v) is 3.67. The van der Waals surface area contributed by atoms with E-state index in [2.05, 4.69) is 5.32 Å². The number of hydrogen-bond donors (Lipinski definition) is 2. The van der Waals surface area contributed by atoms with Crippen LogP contribution in [0, 0.1) is 5.82 Å². The van der Waals surface area contributed by atoms with Crippen LogP contribution in [0.15, 0.2) is 18.2 Å². The summed E-state index contributed by atoms with van der Waals surface area (Å²) in [4.78, 5) is 0. The zero-order valence-corrected chi connectivity index (χ0v) is 9.63. The summed E-state index contributed by atoms with van der Waals surface area (Å²) in [6, 6.07) is 4.63. The summed E-state index contributed by atoms with van der Waals surface area (Å²) in [7, 11) is 0. The summed E-state index contributed by atoms with van der Waals surface area (Å²) in [5.41, 5.74) is 0.925. The molecule has 0 aliphatic rings. The Hall–Kier alpha value is -0.680. The van der Waals surface area contributed by atoms with Crippen molar-refractivity contribution in [1.82, 2.24) is 5.32 Å². The third-order valence-corrected chi connectivity index (χ3v) is 2.26. The Morgan fingerprint density at radius 2 is 2.19 bits per heavy atom. The Morgan fingerprint density at radius 3 is 2.88 bits per heavy atom. The highest BCUT2D eigenvalue weighted by Gasteiger charge is 2.00. The van der Waals surface area contributed by atoms with Gasteiger partial charge >= 0.3 is 0 Å². The lowest BCUT2D eigenvalue weighted by Gasteiger charge is -2.06. The summed E-state index contributed by atoms with van der Waals surface area (Å²) in [5, 5.41) is 11.7. The molecule has 0 aromatic heterocycles. The van der Waals surface area contributed by atoms with Crippen molar-refractivity contribution in [3.05, 3.63) is 34.6 Å². The zero-order valence-electron chi connectivity index (χ0n) is 8.88. The number of nitrogens with one attached hydrogen (secondary N) is 1. The van der Waals surface area contributed by atoms with Crippen molar-refractivity contribution in [2.45, 2.75) is 6.54 Å². The Kier molecular flexibility index (Phi) is 6.33. The number of benzene rings is 1. The van der Waals surface area contributed by atoms with E-state index >= 15 is 0 Å². The first-order valence-electron chi connectivity index (χ1n) is 5.07. The van der Waals surface area contributed by atoms with Crippen molar-refractivity contribution in [2.75, 3.05) is 26.4 Å². The molecule has 0 unspecified atom stereocenters. The van der Waals surface area contributed by atoms with E-state index in [4.69, 9.17) is 21.4 Å². The van der Waals surface area contributed by atoms with Crippen molar-refractivity contribution in [3.63, 3.8) is 0 Å². The first-order chi connectivity index (χ1) is 7.74. The van der Waals surface area contributed by atoms with Gasteiger partial charge in [-0.25, -0.2) is 4.39 Å². The maximum atomic E-state index is 12.8. The fourth-order valence-corrected chi connectivity index (χ4v) is 1.40. The van der Waals surface area contributed by atoms with Gasteiger partial charge in [0.25, 0.3) is 0 Å². The molecule has 1 aromatic carbocycles. The summed E-state index contributed by atoms with van der Waals surface area (Å²) in [6.45, 7) is 2.21. The van der Waals surface area contributed by atoms with Crippen LogP contribution < -0.4 is 5.32 Å². The lowest BCUT2D eigenvalue weighted by Crippen LogP contribution is -2.20. The molecule has 0 spiro atoms. The molecule has 0 fully saturated rings. The Morgan fingerprint density at radius 1 is 1.38 bits per heavy atom. The fourth-order valence-electron chi connectivity index (χ4n) is 1.19. The molecule has 0 saturated carbocycles. The molecule has 5 heteroatoms. The topological polar surface area (TPSA) is 41.5 Å². The number of aliphatic hydroxyl groups excluding tert-OH is 1. The van der Waals surface area contributed by atoms with Crippen molar-refractivity contribution < 1.29 is 14.2 Å². The molecule has 16 heavy (non-hydrogen) atoms. The van der Waals surface area contributed by atoms with Gasteiger partial charge in [-0.2, -0.15) is 0 Å². The van der Waals surface area contributed by atoms with Crippen LogP contribution in [0.4, 0.5) is 4.39 Å². The predicted molar refractivity (Wildman–Crippen MR) is 61.0 cm³/mol. The van der Waals surface area contributed by atoms with E-state index in [0.717, 1.165) is 5.56 Å². The fraction of sp³-hybridized carbons (Fsp3) is 0.455. The zero-order chi connectivity index (χ0) is 11.8. The third-order valence-electron chi connectivity index (χ3n) is 1.97. The van der Waals surface area contributed by atoms with Crippen LogP contribution in [0.1, 0.15) is 5.56 Å². The van der Waals surface area contributed by atoms with E-state index in [9.17, 15) is 4.39 Å². The van der Waals surface area contributed by atoms with E-state index in [0.29, 0.717) is 26.3 Å². The Labute approximate surface area is 99.2 Å². The highest BCUT2D eigenvalue weighted by Crippen LogP contribution is 2.15. The van der Waals surface area contributed by atoms with Crippen LogP contribution >= 0.6 is 11.6 Å². The average molecular weight is 248 g/mol. The van der Waals surface area contributed by atoms with Crippen LogP contribution in [0.2, 0.25) is 5.02 Å². The van der Waals surface area contributed by atoms with E-state index in [1.807, 2.05) is 0 Å². The van der Waals surface area contributed by atoms with E-state index < -0.39 is 5.82 Å². The van der Waals surface area contributed by atoms with Crippen LogP contribution in [-0.4, -0.2) is 31.5 Å². The number of hydrogen-bond acceptors (Lipinski definition) is 3. The van der Waals surface area contributed by atoms with Crippen molar-refractivity contribution in [3.8, 4) is 0 Å². The monoisotopic (exact) mass is 247 g/mol. The molecule has 1 aromatic rings. The molecule has 3 nitrogen and oxygen atoms in total. The first-order valence-corrected chi connectivity index (χ1v) is 5.45. The number of aliphatic hydroxyl groups is 1. The normalized spacial score (nSPS) is 10.7. The molecule has 0 amide bonds. The van der Waals surface area contributed by atoms with Gasteiger partial charge in [0.05, 0.1) is 24.8 Å². The maximum absolute atomic E-state index is 12.8. The minimum atomic E-state index is -0.406. The molecule has 90 valence electrons. The van der Waals surface area contributed by atoms with Gasteiger partial charge in [0.2, 0.25) is 0 Å². The molecule has 0 saturated heterocycles. The minimum Gasteiger partial charge on any atom is -0.394 e. The summed E-state index contributed by atoms with van der Waals surface area (Å²) < 4.78 is 17.9. The number of halogens is 2. The second-order valence-electron chi connectivity index (χ2n) is 3.26. The van der Waals surface area contributed by atoms with E-state index in [-0.39, 0.29) is 11.6 Å². The molecule has 0 bridgehead atoms. The van der Waals surface area contributed by atoms with E-state index in [1.54, 1.807) is 12.1 Å². The largest absolute Gasteiger partial charge is 0.394 e. The van der Waals surface area contributed by atoms with Gasteiger partial charge in [0.15, 0.2) is 0 Å². The molecular formula is C11H15ClFNO2. The third kappa shape index (κ3) is 4.90. The molecule has 1 rings (SSSR count). The van der Waals surface area contributed by atoms with Gasteiger partial charge in [0, 0.05) is 13.1 Å². The van der Waals surface area contributed by atoms with Gasteiger partial charge in [-0.15, -0.1) is 0 Å². The van der Waals surface area contributed by atoms with Crippen LogP contribution in [-0.2, 0) is 11.3 Å². The molecular weight excluding hydrogens is 233 g/mol. The summed E-state index contributed by atoms with van der Waals surface area (Å²) >= 11 is 5.64. The van der Waals surface area contributed by atoms with Crippen LogP contribution in [0.3, 0.4) is 0 Å². The van der Waals surface area contributed by atoms with Gasteiger partial charge in [-0.05, 0) is 17.7 Å². The minimum absolute atomic E-state index is 0.0353. The Bertz CT molecular complexity index is 323.